The van der Waals surface area contributed by atoms with Crippen molar-refractivity contribution in [2.75, 3.05) is 12.9 Å². The van der Waals surface area contributed by atoms with Gasteiger partial charge in [0.1, 0.15) is 0 Å². The van der Waals surface area contributed by atoms with Gasteiger partial charge in [0.2, 0.25) is 10.0 Å². The number of aryl methyl sites for hydroxylation is 3. The van der Waals surface area contributed by atoms with Crippen LogP contribution in [0, 0.1) is 20.8 Å². The van der Waals surface area contributed by atoms with E-state index in [4.69, 9.17) is 4.18 Å². The second-order valence-electron chi connectivity index (χ2n) is 7.06. The Labute approximate surface area is 173 Å². The van der Waals surface area contributed by atoms with Crippen LogP contribution in [0.2, 0.25) is 0 Å². The van der Waals surface area contributed by atoms with Crippen molar-refractivity contribution in [3.8, 4) is 0 Å². The van der Waals surface area contributed by atoms with E-state index < -0.39 is 26.2 Å². The predicted molar refractivity (Wildman–Crippen MR) is 115 cm³/mol. The molecule has 0 spiro atoms. The fourth-order valence-corrected chi connectivity index (χ4v) is 5.22. The summed E-state index contributed by atoms with van der Waals surface area (Å²) >= 11 is 0. The maximum absolute atomic E-state index is 13.1. The monoisotopic (exact) mass is 437 g/mol. The van der Waals surface area contributed by atoms with E-state index in [-0.39, 0.29) is 11.5 Å². The second-order valence-corrected chi connectivity index (χ2v) is 10.4. The number of hydrogen-bond donors (Lipinski definition) is 1. The molecule has 0 saturated carbocycles. The van der Waals surface area contributed by atoms with Gasteiger partial charge in [-0.3, -0.25) is 4.18 Å². The molecule has 0 aliphatic rings. The van der Waals surface area contributed by atoms with Crippen molar-refractivity contribution in [1.29, 1.82) is 0 Å². The molecule has 0 aliphatic heterocycles. The van der Waals surface area contributed by atoms with Crippen LogP contribution in [-0.4, -0.2) is 35.7 Å². The van der Waals surface area contributed by atoms with Crippen molar-refractivity contribution in [2.45, 2.75) is 38.1 Å². The molecule has 0 aliphatic carbocycles. The summed E-state index contributed by atoms with van der Waals surface area (Å²) in [6.45, 7) is 5.31. The van der Waals surface area contributed by atoms with Gasteiger partial charge in [-0.15, -0.1) is 0 Å². The van der Waals surface area contributed by atoms with E-state index in [1.165, 1.54) is 6.08 Å². The normalized spacial score (nSPS) is 13.7. The van der Waals surface area contributed by atoms with Gasteiger partial charge in [-0.25, -0.2) is 13.1 Å². The summed E-state index contributed by atoms with van der Waals surface area (Å²) in [6.07, 6.45) is 4.51. The van der Waals surface area contributed by atoms with Crippen LogP contribution in [0.4, 0.5) is 0 Å². The molecule has 0 radical (unpaired) electrons. The van der Waals surface area contributed by atoms with Gasteiger partial charge >= 0.3 is 0 Å². The molecule has 0 amide bonds. The molecule has 1 atom stereocenters. The quantitative estimate of drug-likeness (QED) is 0.481. The van der Waals surface area contributed by atoms with Gasteiger partial charge in [-0.05, 0) is 43.9 Å². The number of rotatable bonds is 9. The summed E-state index contributed by atoms with van der Waals surface area (Å²) in [5.74, 6) is 0. The lowest BCUT2D eigenvalue weighted by Crippen LogP contribution is -2.36. The summed E-state index contributed by atoms with van der Waals surface area (Å²) in [5.41, 5.74) is 3.31. The first kappa shape index (κ1) is 23.3. The number of benzene rings is 2. The van der Waals surface area contributed by atoms with Gasteiger partial charge in [0.15, 0.2) is 0 Å². The molecule has 1 unspecified atom stereocenters. The Hall–Kier alpha value is -2.00. The lowest BCUT2D eigenvalue weighted by atomic mass is 10.1. The third kappa shape index (κ3) is 7.40. The van der Waals surface area contributed by atoms with Crippen LogP contribution in [0.5, 0.6) is 0 Å². The first-order valence-electron chi connectivity index (χ1n) is 9.13. The van der Waals surface area contributed by atoms with Crippen molar-refractivity contribution < 1.29 is 21.0 Å². The van der Waals surface area contributed by atoms with E-state index in [9.17, 15) is 16.8 Å². The fourth-order valence-electron chi connectivity index (χ4n) is 3.25. The molecule has 29 heavy (non-hydrogen) atoms. The van der Waals surface area contributed by atoms with Crippen molar-refractivity contribution in [2.24, 2.45) is 0 Å². The van der Waals surface area contributed by atoms with Crippen LogP contribution < -0.4 is 4.72 Å². The molecule has 0 heterocycles. The lowest BCUT2D eigenvalue weighted by Gasteiger charge is -2.18. The van der Waals surface area contributed by atoms with Gasteiger partial charge in [-0.2, -0.15) is 8.42 Å². The summed E-state index contributed by atoms with van der Waals surface area (Å²) < 4.78 is 55.9. The topological polar surface area (TPSA) is 89.5 Å². The van der Waals surface area contributed by atoms with Crippen molar-refractivity contribution in [1.82, 2.24) is 4.72 Å². The average molecular weight is 438 g/mol. The van der Waals surface area contributed by atoms with Crippen LogP contribution in [0.3, 0.4) is 0 Å². The minimum Gasteiger partial charge on any atom is -0.266 e. The molecule has 6 nitrogen and oxygen atoms in total. The number of nitrogens with one attached hydrogen (secondary N) is 1. The zero-order valence-electron chi connectivity index (χ0n) is 17.0. The molecule has 0 bridgehead atoms. The Balaban J connectivity index is 2.29. The van der Waals surface area contributed by atoms with Crippen LogP contribution in [0.25, 0.3) is 0 Å². The summed E-state index contributed by atoms with van der Waals surface area (Å²) in [6, 6.07) is 12.6. The van der Waals surface area contributed by atoms with Crippen LogP contribution in [0.1, 0.15) is 22.3 Å². The first-order chi connectivity index (χ1) is 13.5. The van der Waals surface area contributed by atoms with Gasteiger partial charge in [0.25, 0.3) is 10.1 Å². The van der Waals surface area contributed by atoms with Crippen molar-refractivity contribution in [3.63, 3.8) is 0 Å². The highest BCUT2D eigenvalue weighted by atomic mass is 32.2. The minimum atomic E-state index is -3.78. The van der Waals surface area contributed by atoms with Gasteiger partial charge in [-0.1, -0.05) is 60.2 Å². The molecular formula is C21H27NO5S2. The van der Waals surface area contributed by atoms with Gasteiger partial charge in [0, 0.05) is 6.04 Å². The highest BCUT2D eigenvalue weighted by Crippen LogP contribution is 2.22. The minimum absolute atomic E-state index is 0.158. The van der Waals surface area contributed by atoms with E-state index in [2.05, 4.69) is 4.72 Å². The smallest absolute Gasteiger partial charge is 0.264 e. The van der Waals surface area contributed by atoms with E-state index in [1.54, 1.807) is 19.9 Å². The Kier molecular flexibility index (Phi) is 7.76. The molecule has 0 fully saturated rings. The van der Waals surface area contributed by atoms with Crippen LogP contribution >= 0.6 is 0 Å². The number of sulfonamides is 1. The first-order valence-corrected chi connectivity index (χ1v) is 12.4. The highest BCUT2D eigenvalue weighted by Gasteiger charge is 2.23. The Morgan fingerprint density at radius 2 is 1.59 bits per heavy atom. The van der Waals surface area contributed by atoms with Crippen molar-refractivity contribution in [3.05, 3.63) is 76.9 Å². The number of hydrogen-bond acceptors (Lipinski definition) is 5. The van der Waals surface area contributed by atoms with E-state index in [1.807, 2.05) is 49.4 Å². The third-order valence-electron chi connectivity index (χ3n) is 4.23. The molecule has 0 saturated heterocycles. The molecule has 158 valence electrons. The molecule has 2 aromatic rings. The third-order valence-corrected chi connectivity index (χ3v) is 6.58. The molecule has 0 aromatic heterocycles. The lowest BCUT2D eigenvalue weighted by molar-refractivity contribution is 0.361. The maximum atomic E-state index is 13.1. The summed E-state index contributed by atoms with van der Waals surface area (Å²) in [7, 11) is -7.35. The Bertz CT molecular complexity index is 1050. The zero-order chi connectivity index (χ0) is 21.7. The van der Waals surface area contributed by atoms with E-state index >= 15 is 0 Å². The molecule has 1 N–H and O–H groups in total. The Morgan fingerprint density at radius 1 is 1.00 bits per heavy atom. The van der Waals surface area contributed by atoms with Crippen LogP contribution in [-0.2, 0) is 30.7 Å². The highest BCUT2D eigenvalue weighted by molar-refractivity contribution is 7.89. The molecule has 8 heteroatoms. The molecular weight excluding hydrogens is 410 g/mol. The summed E-state index contributed by atoms with van der Waals surface area (Å²) in [4.78, 5) is 0.266. The molecule has 2 rings (SSSR count). The SMILES string of the molecule is Cc1cc(C)c(S(=O)(=O)NC(/C=C/COS(C)(=O)=O)Cc2ccccc2)c(C)c1. The van der Waals surface area contributed by atoms with Crippen LogP contribution in [0.15, 0.2) is 59.5 Å². The molecule has 2 aromatic carbocycles. The van der Waals surface area contributed by atoms with Crippen molar-refractivity contribution >= 4 is 20.1 Å². The fraction of sp³-hybridized carbons (Fsp3) is 0.333. The van der Waals surface area contributed by atoms with E-state index in [0.717, 1.165) is 17.4 Å². The zero-order valence-corrected chi connectivity index (χ0v) is 18.7. The summed E-state index contributed by atoms with van der Waals surface area (Å²) in [5, 5.41) is 0. The second kappa shape index (κ2) is 9.67. The predicted octanol–water partition coefficient (Wildman–Crippen LogP) is 3.03. The maximum Gasteiger partial charge on any atom is 0.264 e. The largest absolute Gasteiger partial charge is 0.266 e. The van der Waals surface area contributed by atoms with Gasteiger partial charge < -0.3 is 0 Å². The van der Waals surface area contributed by atoms with Gasteiger partial charge in [0.05, 0.1) is 17.8 Å². The average Bonchev–Trinajstić information content (AvgIpc) is 2.57. The Morgan fingerprint density at radius 3 is 2.14 bits per heavy atom. The van der Waals surface area contributed by atoms with E-state index in [0.29, 0.717) is 17.5 Å². The standard InChI is InChI=1S/C21H27NO5S2/c1-16-13-17(2)21(18(3)14-16)29(25,26)22-20(11-8-12-27-28(4,23)24)15-19-9-6-5-7-10-19/h5-11,13-14,20,22H,12,15H2,1-4H3/b11-8+.